The van der Waals surface area contributed by atoms with E-state index in [9.17, 15) is 43.9 Å². The van der Waals surface area contributed by atoms with Gasteiger partial charge in [-0.15, -0.1) is 0 Å². The van der Waals surface area contributed by atoms with Gasteiger partial charge in [-0.25, -0.2) is 0 Å². The largest absolute Gasteiger partial charge is 0.493 e. The molecule has 0 saturated carbocycles. The summed E-state index contributed by atoms with van der Waals surface area (Å²) < 4.78 is 368. The lowest BCUT2D eigenvalue weighted by Gasteiger charge is -2.47. The van der Waals surface area contributed by atoms with Crippen LogP contribution in [0.15, 0.2) is 48.5 Å². The maximum absolute atomic E-state index is 13.1. The highest BCUT2D eigenvalue weighted by molar-refractivity contribution is 5.77. The van der Waals surface area contributed by atoms with E-state index < -0.39 is 215 Å². The number of hydrogen-bond acceptors (Lipinski definition) is 24. The first-order valence-corrected chi connectivity index (χ1v) is 41.2. The molecule has 0 aliphatic carbocycles. The molecule has 12 unspecified atom stereocenters. The van der Waals surface area contributed by atoms with E-state index >= 15 is 0 Å². The number of benzene rings is 4. The highest BCUT2D eigenvalue weighted by atomic mass is 16.6. The number of nitrogens with zero attached hydrogens (tertiary/aromatic N) is 4. The number of piperidine rings is 4. The van der Waals surface area contributed by atoms with E-state index in [1.54, 1.807) is 117 Å². The van der Waals surface area contributed by atoms with Crippen LogP contribution in [0.4, 0.5) is 0 Å². The molecule has 16 atom stereocenters. The number of carbonyl (C=O) groups excluding carboxylic acids is 4. The molecule has 12 rings (SSSR count). The SMILES string of the molecule is [2H]C([2H])([2H])Oc1cc2c(cc1OC)C1([2H])N(CC2)C([2H])([2H])C([2H])(CC(C)C)C([2H])(OC(=O)[C@@H](N)C(C)C)C1([2H])[2H].[2H]C([2H])([2H])Oc1cc2c(cc1OC)C1([2H])N(CC2)C([2H])([2H])C([2H])(CC(C)C)C([2H])(OC(=O)[C@@H](N)C(C)C)C1([2H])[2H].[2H]C1([2H])N2CCc3cc(OC)c(OC)cc3C2([2H])C([2H])([2H])C([2H])(OC(=O)[C@@H](N)C(C)C)C1([2H])CC(C)C.[2H]c1c2c(c([2H])c(OC)c1OC)C1N(CC2)C([2H])([2H])C([2H])(CC(C)C)C(OC(=O)[C@@H](N)C(C)C)C1([2H])[2H]. The van der Waals surface area contributed by atoms with Crippen molar-refractivity contribution in [3.05, 3.63) is 93.0 Å². The zero-order valence-electron chi connectivity index (χ0n) is 108. The quantitative estimate of drug-likeness (QED) is 0.0303. The third-order valence-electron chi connectivity index (χ3n) is 21.1. The number of rotatable bonds is 28. The second-order valence-electron chi connectivity index (χ2n) is 33.7. The summed E-state index contributed by atoms with van der Waals surface area (Å²) in [5.41, 5.74) is 25.1. The van der Waals surface area contributed by atoms with E-state index in [2.05, 4.69) is 0 Å². The Morgan fingerprint density at radius 3 is 0.950 bits per heavy atom. The topological polar surface area (TPSA) is 296 Å². The Morgan fingerprint density at radius 2 is 0.642 bits per heavy atom. The second kappa shape index (κ2) is 43.9. The van der Waals surface area contributed by atoms with E-state index in [0.717, 1.165) is 14.7 Å². The van der Waals surface area contributed by atoms with Crippen molar-refractivity contribution < 1.29 is 123 Å². The Labute approximate surface area is 766 Å². The Morgan fingerprint density at radius 1 is 0.367 bits per heavy atom. The molecule has 8 N–H and O–H groups in total. The van der Waals surface area contributed by atoms with Gasteiger partial charge in [0.25, 0.3) is 0 Å². The number of nitrogens with two attached hydrogens (primary N) is 4. The van der Waals surface area contributed by atoms with Crippen LogP contribution in [-0.4, -0.2) is 201 Å². The molecule has 0 spiro atoms. The first-order chi connectivity index (χ1) is 69.9. The van der Waals surface area contributed by atoms with Crippen molar-refractivity contribution in [2.45, 2.75) is 260 Å². The van der Waals surface area contributed by atoms with Crippen LogP contribution in [0.25, 0.3) is 0 Å². The van der Waals surface area contributed by atoms with Crippen LogP contribution in [-0.2, 0) is 63.8 Å². The van der Waals surface area contributed by atoms with Crippen molar-refractivity contribution >= 4 is 23.9 Å². The smallest absolute Gasteiger partial charge is 0.323 e. The third-order valence-corrected chi connectivity index (χ3v) is 21.1. The summed E-state index contributed by atoms with van der Waals surface area (Å²) in [5, 5.41) is 0. The van der Waals surface area contributed by atoms with Gasteiger partial charge in [-0.05, 0) is 192 Å². The van der Waals surface area contributed by atoms with Gasteiger partial charge < -0.3 is 79.8 Å². The fraction of sp³-hybridized carbons (Fsp3) is 0.708. The molecule has 4 fully saturated rings. The van der Waals surface area contributed by atoms with E-state index in [0.29, 0.717) is 16.9 Å². The molecule has 0 amide bonds. The Bertz CT molecular complexity index is 5580. The van der Waals surface area contributed by atoms with Crippen molar-refractivity contribution in [1.82, 2.24) is 19.6 Å². The lowest BCUT2D eigenvalue weighted by Crippen LogP contribution is -2.51. The molecule has 672 valence electrons. The highest BCUT2D eigenvalue weighted by Crippen LogP contribution is 2.50. The van der Waals surface area contributed by atoms with Crippen LogP contribution in [0.5, 0.6) is 46.0 Å². The maximum atomic E-state index is 13.1. The number of hydrogen-bond donors (Lipinski definition) is 4. The normalized spacial score (nSPS) is 38.8. The molecule has 0 radical (unpaired) electrons. The van der Waals surface area contributed by atoms with E-state index in [-0.39, 0.29) is 181 Å². The van der Waals surface area contributed by atoms with Gasteiger partial charge in [0.2, 0.25) is 0 Å². The molecule has 0 bridgehead atoms. The summed E-state index contributed by atoms with van der Waals surface area (Å²) in [4.78, 5) is 56.3. The van der Waals surface area contributed by atoms with Crippen LogP contribution >= 0.6 is 0 Å². The second-order valence-corrected chi connectivity index (χ2v) is 33.7. The van der Waals surface area contributed by atoms with E-state index in [1.165, 1.54) is 77.9 Å². The van der Waals surface area contributed by atoms with Gasteiger partial charge in [0.15, 0.2) is 46.0 Å². The Hall–Kier alpha value is -7.16. The molecular formula is C96H152N8O16. The number of ether oxygens (including phenoxy) is 12. The lowest BCUT2D eigenvalue weighted by molar-refractivity contribution is -0.161. The van der Waals surface area contributed by atoms with Crippen LogP contribution in [0.1, 0.15) is 277 Å². The van der Waals surface area contributed by atoms with Crippen LogP contribution in [0.2, 0.25) is 0 Å². The van der Waals surface area contributed by atoms with Gasteiger partial charge in [-0.2, -0.15) is 0 Å². The summed E-state index contributed by atoms with van der Waals surface area (Å²) in [5.74, 6) is -17.8. The van der Waals surface area contributed by atoms with Crippen molar-refractivity contribution in [1.29, 1.82) is 0 Å². The molecule has 4 aromatic carbocycles. The molecule has 0 aromatic heterocycles. The van der Waals surface area contributed by atoms with Gasteiger partial charge in [-0.3, -0.25) is 38.8 Å². The monoisotopic (exact) mass is 1710 g/mol. The first-order valence-electron chi connectivity index (χ1n) is 58.2. The van der Waals surface area contributed by atoms with Gasteiger partial charge in [0, 0.05) is 153 Å². The fourth-order valence-corrected chi connectivity index (χ4v) is 14.2. The summed E-state index contributed by atoms with van der Waals surface area (Å²) in [6.07, 6.45) is -24.2. The summed E-state index contributed by atoms with van der Waals surface area (Å²) >= 11 is 0. The molecule has 24 nitrogen and oxygen atoms in total. The van der Waals surface area contributed by atoms with Crippen LogP contribution in [0, 0.1) is 70.9 Å². The Balaban J connectivity index is 0.000000227. The minimum atomic E-state index is -3.24. The molecule has 4 aromatic rings. The number of fused-ring (bicyclic) bond motifs is 12. The number of esters is 4. The van der Waals surface area contributed by atoms with Gasteiger partial charge in [-0.1, -0.05) is 111 Å². The number of carbonyl (C=O) groups is 4. The fourth-order valence-electron chi connectivity index (χ4n) is 14.2. The zero-order chi connectivity index (χ0) is 118. The van der Waals surface area contributed by atoms with Crippen molar-refractivity contribution in [3.63, 3.8) is 0 Å². The third kappa shape index (κ3) is 23.8. The first kappa shape index (κ1) is 58.9. The van der Waals surface area contributed by atoms with Crippen molar-refractivity contribution in [2.75, 3.05) is 109 Å². The molecule has 4 saturated heterocycles. The summed E-state index contributed by atoms with van der Waals surface area (Å²) in [6, 6.07) is -6.64. The van der Waals surface area contributed by atoms with Crippen LogP contribution < -0.4 is 60.8 Å². The minimum absolute atomic E-state index is 0.00409. The highest BCUT2D eigenvalue weighted by Gasteiger charge is 2.47. The van der Waals surface area contributed by atoms with Gasteiger partial charge in [0.05, 0.1) is 75.9 Å². The predicted octanol–water partition coefficient (Wildman–Crippen LogP) is 14.3. The molecule has 24 heteroatoms. The van der Waals surface area contributed by atoms with Crippen molar-refractivity contribution in [2.24, 2.45) is 93.9 Å². The number of methoxy groups -OCH3 is 8. The van der Waals surface area contributed by atoms with Gasteiger partial charge in [0.1, 0.15) is 48.5 Å². The standard InChI is InChI=1S/4C24H38N2O4/c4*1-14(2)9-17-13-26-8-7-16-10-21(28-5)22(29-6)11-18(16)19(26)12-20(17)30-24(27)23(25)15(3)4/h4*10-11,14-15,17,19-20,23H,7-9,12-13,25H2,1-6H3/t4*17?,19?,20?,23-/m0000/s1/i2*5D3,12D2,13D2,17D,19D,20D;12D2,13D2,17D,19D,20D;10D,11D,12D2,13D2,17D. The minimum Gasteiger partial charge on any atom is -0.493 e. The lowest BCUT2D eigenvalue weighted by atomic mass is 9.79. The maximum Gasteiger partial charge on any atom is 0.323 e. The average Bonchev–Trinajstić information content (AvgIpc) is 0.654. The molecule has 8 aliphatic rings. The molecule has 8 heterocycles. The summed E-state index contributed by atoms with van der Waals surface area (Å²) in [7, 11) is 2.27. The van der Waals surface area contributed by atoms with E-state index in [4.69, 9.17) is 102 Å². The van der Waals surface area contributed by atoms with Crippen LogP contribution in [0.3, 0.4) is 0 Å². The van der Waals surface area contributed by atoms with Crippen molar-refractivity contribution in [3.8, 4) is 46.0 Å². The summed E-state index contributed by atoms with van der Waals surface area (Å²) in [6.45, 7) is 15.4. The molecular weight excluding hydrogens is 1520 g/mol. The predicted molar refractivity (Wildman–Crippen MR) is 471 cm³/mol. The Kier molecular flexibility index (Phi) is 21.6. The van der Waals surface area contributed by atoms with E-state index in [1.807, 2.05) is 0 Å². The average molecular weight is 1710 g/mol. The molecule has 8 aliphatic heterocycles. The zero-order valence-corrected chi connectivity index (χ0v) is 73.7. The van der Waals surface area contributed by atoms with Gasteiger partial charge >= 0.3 is 23.9 Å². The molecule has 120 heavy (non-hydrogen) atoms.